The highest BCUT2D eigenvalue weighted by atomic mass is 19.1. The van der Waals surface area contributed by atoms with Crippen molar-refractivity contribution in [3.05, 3.63) is 77.3 Å². The number of rotatable bonds is 3. The zero-order valence-corrected chi connectivity index (χ0v) is 16.6. The molecule has 3 heterocycles. The number of hydrogen-bond donors (Lipinski definition) is 0. The molecule has 0 spiro atoms. The molecule has 0 fully saturated rings. The predicted octanol–water partition coefficient (Wildman–Crippen LogP) is 4.53. The van der Waals surface area contributed by atoms with E-state index in [1.54, 1.807) is 12.1 Å². The second kappa shape index (κ2) is 7.40. The number of nitrogens with zero attached hydrogens (tertiary/aromatic N) is 4. The Morgan fingerprint density at radius 1 is 1.04 bits per heavy atom. The highest BCUT2D eigenvalue weighted by Crippen LogP contribution is 2.24. The summed E-state index contributed by atoms with van der Waals surface area (Å²) in [5, 5.41) is 0. The first-order valence-corrected chi connectivity index (χ1v) is 9.68. The van der Waals surface area contributed by atoms with Gasteiger partial charge < -0.3 is 0 Å². The summed E-state index contributed by atoms with van der Waals surface area (Å²) in [6, 6.07) is 12.5. The number of halogens is 1. The van der Waals surface area contributed by atoms with E-state index in [1.165, 1.54) is 23.4 Å². The van der Waals surface area contributed by atoms with E-state index in [-0.39, 0.29) is 11.2 Å². The predicted molar refractivity (Wildman–Crippen MR) is 108 cm³/mol. The first-order chi connectivity index (χ1) is 13.4. The molecule has 0 N–H and O–H groups in total. The molecule has 0 unspecified atom stereocenters. The minimum Gasteiger partial charge on any atom is -0.293 e. The highest BCUT2D eigenvalue weighted by molar-refractivity contribution is 5.58. The van der Waals surface area contributed by atoms with E-state index >= 15 is 0 Å². The summed E-state index contributed by atoms with van der Waals surface area (Å²) in [6.45, 7) is 8.99. The summed E-state index contributed by atoms with van der Waals surface area (Å²) in [6.07, 6.45) is 2.91. The van der Waals surface area contributed by atoms with Crippen molar-refractivity contribution in [1.82, 2.24) is 19.9 Å². The molecule has 1 aromatic carbocycles. The molecule has 0 radical (unpaired) electrons. The average Bonchev–Trinajstić information content (AvgIpc) is 2.67. The molecule has 2 aromatic heterocycles. The van der Waals surface area contributed by atoms with Gasteiger partial charge in [-0.05, 0) is 36.4 Å². The molecular formula is C23H25FN4. The standard InChI is InChI=1S/C23H25FN4/c1-23(2,3)22-25-13-17-14-28(12-11-21(17)27-22)15-19-5-4-6-20(26-19)16-7-9-18(24)10-8-16/h4-10,13H,11-12,14-15H2,1-3H3. The Kier molecular flexibility index (Phi) is 4.94. The zero-order valence-electron chi connectivity index (χ0n) is 16.6. The summed E-state index contributed by atoms with van der Waals surface area (Å²) < 4.78 is 13.2. The molecule has 0 atom stereocenters. The summed E-state index contributed by atoms with van der Waals surface area (Å²) in [4.78, 5) is 16.5. The van der Waals surface area contributed by atoms with E-state index in [0.29, 0.717) is 0 Å². The van der Waals surface area contributed by atoms with Crippen LogP contribution in [0.3, 0.4) is 0 Å². The van der Waals surface area contributed by atoms with Crippen molar-refractivity contribution < 1.29 is 4.39 Å². The Bertz CT molecular complexity index is 977. The average molecular weight is 376 g/mol. The van der Waals surface area contributed by atoms with Gasteiger partial charge in [-0.25, -0.2) is 14.4 Å². The molecule has 0 bridgehead atoms. The van der Waals surface area contributed by atoms with Crippen LogP contribution in [0.15, 0.2) is 48.7 Å². The van der Waals surface area contributed by atoms with Crippen molar-refractivity contribution in [3.8, 4) is 11.3 Å². The van der Waals surface area contributed by atoms with Gasteiger partial charge in [-0.15, -0.1) is 0 Å². The van der Waals surface area contributed by atoms with E-state index in [1.807, 2.05) is 24.4 Å². The van der Waals surface area contributed by atoms with Crippen LogP contribution >= 0.6 is 0 Å². The quantitative estimate of drug-likeness (QED) is 0.673. The van der Waals surface area contributed by atoms with Crippen molar-refractivity contribution in [2.24, 2.45) is 0 Å². The zero-order chi connectivity index (χ0) is 19.7. The third-order valence-electron chi connectivity index (χ3n) is 5.02. The Balaban J connectivity index is 1.49. The van der Waals surface area contributed by atoms with Crippen molar-refractivity contribution in [3.63, 3.8) is 0 Å². The van der Waals surface area contributed by atoms with E-state index in [9.17, 15) is 4.39 Å². The number of pyridine rings is 1. The van der Waals surface area contributed by atoms with E-state index in [0.717, 1.165) is 48.8 Å². The first kappa shape index (κ1) is 18.7. The third-order valence-corrected chi connectivity index (χ3v) is 5.02. The van der Waals surface area contributed by atoms with Crippen molar-refractivity contribution in [1.29, 1.82) is 0 Å². The van der Waals surface area contributed by atoms with Gasteiger partial charge in [0.1, 0.15) is 11.6 Å². The van der Waals surface area contributed by atoms with Gasteiger partial charge in [0.2, 0.25) is 0 Å². The molecule has 1 aliphatic heterocycles. The first-order valence-electron chi connectivity index (χ1n) is 9.68. The minimum atomic E-state index is -0.233. The summed E-state index contributed by atoms with van der Waals surface area (Å²) >= 11 is 0. The molecule has 0 saturated heterocycles. The maximum atomic E-state index is 13.2. The second-order valence-electron chi connectivity index (χ2n) is 8.40. The fourth-order valence-electron chi connectivity index (χ4n) is 3.45. The van der Waals surface area contributed by atoms with Crippen molar-refractivity contribution in [2.75, 3.05) is 6.54 Å². The van der Waals surface area contributed by atoms with Gasteiger partial charge in [0.15, 0.2) is 0 Å². The lowest BCUT2D eigenvalue weighted by molar-refractivity contribution is 0.239. The van der Waals surface area contributed by atoms with Crippen LogP contribution < -0.4 is 0 Å². The molecular weight excluding hydrogens is 351 g/mol. The van der Waals surface area contributed by atoms with Crippen LogP contribution in [0.25, 0.3) is 11.3 Å². The van der Waals surface area contributed by atoms with Crippen molar-refractivity contribution in [2.45, 2.75) is 45.7 Å². The maximum absolute atomic E-state index is 13.2. The lowest BCUT2D eigenvalue weighted by Crippen LogP contribution is -2.32. The van der Waals surface area contributed by atoms with Gasteiger partial charge in [-0.1, -0.05) is 26.8 Å². The van der Waals surface area contributed by atoms with Gasteiger partial charge in [-0.2, -0.15) is 0 Å². The van der Waals surface area contributed by atoms with Crippen LogP contribution in [0.5, 0.6) is 0 Å². The Labute approximate surface area is 165 Å². The molecule has 3 aromatic rings. The molecule has 1 aliphatic rings. The van der Waals surface area contributed by atoms with Gasteiger partial charge in [0.05, 0.1) is 11.4 Å². The Hall–Kier alpha value is -2.66. The normalized spacial score (nSPS) is 14.7. The van der Waals surface area contributed by atoms with Gasteiger partial charge >= 0.3 is 0 Å². The highest BCUT2D eigenvalue weighted by Gasteiger charge is 2.23. The lowest BCUT2D eigenvalue weighted by Gasteiger charge is -2.29. The number of hydrogen-bond acceptors (Lipinski definition) is 4. The molecule has 5 heteroatoms. The number of benzene rings is 1. The molecule has 0 aliphatic carbocycles. The molecule has 4 nitrogen and oxygen atoms in total. The van der Waals surface area contributed by atoms with Crippen LogP contribution in [0.1, 0.15) is 43.5 Å². The van der Waals surface area contributed by atoms with Crippen LogP contribution in [0.4, 0.5) is 4.39 Å². The van der Waals surface area contributed by atoms with Crippen LogP contribution in [0.2, 0.25) is 0 Å². The molecule has 28 heavy (non-hydrogen) atoms. The smallest absolute Gasteiger partial charge is 0.133 e. The van der Waals surface area contributed by atoms with Crippen LogP contribution in [0, 0.1) is 5.82 Å². The van der Waals surface area contributed by atoms with Crippen LogP contribution in [-0.4, -0.2) is 26.4 Å². The summed E-state index contributed by atoms with van der Waals surface area (Å²) in [5.41, 5.74) is 5.15. The largest absolute Gasteiger partial charge is 0.293 e. The van der Waals surface area contributed by atoms with Crippen molar-refractivity contribution >= 4 is 0 Å². The van der Waals surface area contributed by atoms with E-state index in [2.05, 4.69) is 30.7 Å². The number of aromatic nitrogens is 3. The molecule has 4 rings (SSSR count). The topological polar surface area (TPSA) is 41.9 Å². The monoisotopic (exact) mass is 376 g/mol. The summed E-state index contributed by atoms with van der Waals surface area (Å²) in [7, 11) is 0. The van der Waals surface area contributed by atoms with E-state index in [4.69, 9.17) is 9.97 Å². The van der Waals surface area contributed by atoms with Gasteiger partial charge in [0, 0.05) is 54.5 Å². The van der Waals surface area contributed by atoms with Crippen LogP contribution in [-0.2, 0) is 24.9 Å². The SMILES string of the molecule is CC(C)(C)c1ncc2c(n1)CCN(Cc1cccc(-c3ccc(F)cc3)n1)C2. The molecule has 144 valence electrons. The maximum Gasteiger partial charge on any atom is 0.133 e. The third kappa shape index (κ3) is 4.09. The number of fused-ring (bicyclic) bond motifs is 1. The fourth-order valence-corrected chi connectivity index (χ4v) is 3.45. The lowest BCUT2D eigenvalue weighted by atomic mass is 9.95. The Morgan fingerprint density at radius 2 is 1.82 bits per heavy atom. The molecule has 0 amide bonds. The minimum absolute atomic E-state index is 0.0309. The Morgan fingerprint density at radius 3 is 2.57 bits per heavy atom. The second-order valence-corrected chi connectivity index (χ2v) is 8.40. The molecule has 0 saturated carbocycles. The summed E-state index contributed by atoms with van der Waals surface area (Å²) in [5.74, 6) is 0.678. The van der Waals surface area contributed by atoms with E-state index < -0.39 is 0 Å². The van der Waals surface area contributed by atoms with Gasteiger partial charge in [0.25, 0.3) is 0 Å². The van der Waals surface area contributed by atoms with Gasteiger partial charge in [-0.3, -0.25) is 9.88 Å². The fraction of sp³-hybridized carbons (Fsp3) is 0.348.